The molecule has 0 aliphatic heterocycles. The highest BCUT2D eigenvalue weighted by Crippen LogP contribution is 2.22. The molecule has 0 aliphatic rings. The summed E-state index contributed by atoms with van der Waals surface area (Å²) in [5.74, 6) is -0.386. The quantitative estimate of drug-likeness (QED) is 0.517. The lowest BCUT2D eigenvalue weighted by atomic mass is 9.87. The molecule has 128 valence electrons. The highest BCUT2D eigenvalue weighted by atomic mass is 32.2. The second-order valence-corrected chi connectivity index (χ2v) is 7.45. The van der Waals surface area contributed by atoms with E-state index in [-0.39, 0.29) is 11.2 Å². The Balaban J connectivity index is 2.01. The lowest BCUT2D eigenvalue weighted by molar-refractivity contribution is 0.0955. The molecule has 7 nitrogen and oxygen atoms in total. The van der Waals surface area contributed by atoms with Crippen molar-refractivity contribution >= 4 is 22.2 Å². The predicted molar refractivity (Wildman–Crippen MR) is 86.9 cm³/mol. The molecule has 1 aromatic carbocycles. The van der Waals surface area contributed by atoms with Gasteiger partial charge in [-0.15, -0.1) is 0 Å². The molecule has 8 heteroatoms. The van der Waals surface area contributed by atoms with E-state index in [1.807, 2.05) is 12.1 Å². The minimum Gasteiger partial charge on any atom is -0.742 e. The van der Waals surface area contributed by atoms with Crippen LogP contribution in [0.25, 0.3) is 0 Å². The smallest absolute Gasteiger partial charge is 0.271 e. The van der Waals surface area contributed by atoms with E-state index < -0.39 is 21.1 Å². The van der Waals surface area contributed by atoms with Gasteiger partial charge in [-0.05, 0) is 35.2 Å². The molecule has 0 saturated heterocycles. The van der Waals surface area contributed by atoms with Crippen LogP contribution < -0.4 is 5.43 Å². The van der Waals surface area contributed by atoms with E-state index in [4.69, 9.17) is 4.42 Å². The van der Waals surface area contributed by atoms with Gasteiger partial charge in [0, 0.05) is 5.56 Å². The summed E-state index contributed by atoms with van der Waals surface area (Å²) in [4.78, 5) is 12.0. The van der Waals surface area contributed by atoms with Gasteiger partial charge in [-0.3, -0.25) is 4.79 Å². The monoisotopic (exact) mass is 349 g/mol. The molecule has 0 saturated carbocycles. The van der Waals surface area contributed by atoms with Crippen molar-refractivity contribution in [1.29, 1.82) is 0 Å². The number of carbonyl (C=O) groups is 1. The van der Waals surface area contributed by atoms with Gasteiger partial charge in [0.25, 0.3) is 5.91 Å². The predicted octanol–water partition coefficient (Wildman–Crippen LogP) is 2.25. The second kappa shape index (κ2) is 6.58. The number of benzene rings is 1. The Morgan fingerprint density at radius 3 is 2.29 bits per heavy atom. The lowest BCUT2D eigenvalue weighted by Gasteiger charge is -2.18. The fourth-order valence-electron chi connectivity index (χ4n) is 1.88. The van der Waals surface area contributed by atoms with Crippen LogP contribution in [-0.2, 0) is 15.5 Å². The van der Waals surface area contributed by atoms with E-state index in [2.05, 4.69) is 31.3 Å². The van der Waals surface area contributed by atoms with Crippen molar-refractivity contribution in [2.45, 2.75) is 31.3 Å². The number of nitrogens with one attached hydrogen (secondary N) is 1. The molecule has 0 aliphatic carbocycles. The van der Waals surface area contributed by atoms with Gasteiger partial charge in [0.15, 0.2) is 10.1 Å². The van der Waals surface area contributed by atoms with E-state index in [0.29, 0.717) is 5.56 Å². The maximum atomic E-state index is 12.0. The Morgan fingerprint density at radius 2 is 1.79 bits per heavy atom. The second-order valence-electron chi connectivity index (χ2n) is 6.14. The van der Waals surface area contributed by atoms with Gasteiger partial charge >= 0.3 is 0 Å². The molecule has 0 bridgehead atoms. The van der Waals surface area contributed by atoms with Crippen molar-refractivity contribution < 1.29 is 22.2 Å². The molecule has 1 amide bonds. The molecule has 0 radical (unpaired) electrons. The summed E-state index contributed by atoms with van der Waals surface area (Å²) in [6, 6.07) is 9.42. The average molecular weight is 349 g/mol. The number of hydrogen-bond acceptors (Lipinski definition) is 6. The number of furan rings is 1. The summed E-state index contributed by atoms with van der Waals surface area (Å²) in [7, 11) is -4.65. The summed E-state index contributed by atoms with van der Waals surface area (Å²) in [5.41, 5.74) is 3.82. The third-order valence-corrected chi connectivity index (χ3v) is 3.93. The van der Waals surface area contributed by atoms with Crippen LogP contribution in [0, 0.1) is 0 Å². The Kier molecular flexibility index (Phi) is 4.91. The maximum absolute atomic E-state index is 12.0. The standard InChI is InChI=1S/C16H18N2O5S/c1-16(2,3)12-6-4-11(5-7-12)15(19)18-17-10-13-8-9-14(23-13)24(20,21)22/h4-10H,1-3H3,(H,18,19)(H,20,21,22)/p-1. The third kappa shape index (κ3) is 4.53. The molecule has 2 rings (SSSR count). The van der Waals surface area contributed by atoms with Gasteiger partial charge in [-0.25, -0.2) is 13.8 Å². The van der Waals surface area contributed by atoms with E-state index in [0.717, 1.165) is 17.8 Å². The molecule has 1 N–H and O–H groups in total. The van der Waals surface area contributed by atoms with Crippen LogP contribution in [-0.4, -0.2) is 25.1 Å². The fourth-order valence-corrected chi connectivity index (χ4v) is 2.31. The van der Waals surface area contributed by atoms with Crippen molar-refractivity contribution in [3.05, 3.63) is 53.3 Å². The maximum Gasteiger partial charge on any atom is 0.271 e. The molecule has 0 spiro atoms. The first-order chi connectivity index (χ1) is 11.1. The summed E-state index contributed by atoms with van der Waals surface area (Å²) in [6.45, 7) is 6.23. The van der Waals surface area contributed by atoms with Crippen molar-refractivity contribution in [1.82, 2.24) is 5.43 Å². The van der Waals surface area contributed by atoms with Crippen LogP contribution in [0.5, 0.6) is 0 Å². The Bertz CT molecular complexity index is 859. The zero-order valence-electron chi connectivity index (χ0n) is 13.4. The molecule has 1 heterocycles. The first-order valence-corrected chi connectivity index (χ1v) is 8.48. The molecule has 24 heavy (non-hydrogen) atoms. The topological polar surface area (TPSA) is 112 Å². The number of hydrogen-bond donors (Lipinski definition) is 1. The van der Waals surface area contributed by atoms with Crippen molar-refractivity contribution in [2.75, 3.05) is 0 Å². The van der Waals surface area contributed by atoms with Crippen LogP contribution in [0.1, 0.15) is 42.5 Å². The highest BCUT2D eigenvalue weighted by molar-refractivity contribution is 7.85. The largest absolute Gasteiger partial charge is 0.742 e. The number of carbonyl (C=O) groups excluding carboxylic acids is 1. The van der Waals surface area contributed by atoms with Gasteiger partial charge in [0.1, 0.15) is 5.76 Å². The van der Waals surface area contributed by atoms with Gasteiger partial charge in [-0.1, -0.05) is 32.9 Å². The molecule has 0 fully saturated rings. The lowest BCUT2D eigenvalue weighted by Crippen LogP contribution is -2.18. The number of amides is 1. The zero-order valence-corrected chi connectivity index (χ0v) is 14.3. The first-order valence-electron chi connectivity index (χ1n) is 7.07. The van der Waals surface area contributed by atoms with Gasteiger partial charge in [0.05, 0.1) is 6.21 Å². The summed E-state index contributed by atoms with van der Waals surface area (Å²) in [5, 5.41) is 2.97. The Hall–Kier alpha value is -2.45. The van der Waals surface area contributed by atoms with E-state index in [1.165, 1.54) is 6.07 Å². The van der Waals surface area contributed by atoms with Crippen LogP contribution in [0.15, 0.2) is 51.0 Å². The van der Waals surface area contributed by atoms with Crippen LogP contribution in [0.4, 0.5) is 0 Å². The van der Waals surface area contributed by atoms with E-state index in [1.54, 1.807) is 12.1 Å². The summed E-state index contributed by atoms with van der Waals surface area (Å²) < 4.78 is 37.0. The average Bonchev–Trinajstić information content (AvgIpc) is 2.95. The Morgan fingerprint density at radius 1 is 1.17 bits per heavy atom. The Labute approximate surface area is 140 Å². The van der Waals surface area contributed by atoms with Crippen LogP contribution >= 0.6 is 0 Å². The minimum atomic E-state index is -4.65. The zero-order chi connectivity index (χ0) is 18.0. The van der Waals surface area contributed by atoms with Crippen LogP contribution in [0.2, 0.25) is 0 Å². The molecule has 0 unspecified atom stereocenters. The molecule has 2 aromatic rings. The summed E-state index contributed by atoms with van der Waals surface area (Å²) in [6.07, 6.45) is 1.11. The first kappa shape index (κ1) is 17.9. The van der Waals surface area contributed by atoms with E-state index in [9.17, 15) is 17.8 Å². The summed E-state index contributed by atoms with van der Waals surface area (Å²) >= 11 is 0. The minimum absolute atomic E-state index is 0.00788. The van der Waals surface area contributed by atoms with Crippen molar-refractivity contribution in [3.8, 4) is 0 Å². The number of rotatable bonds is 4. The van der Waals surface area contributed by atoms with Gasteiger partial charge in [0.2, 0.25) is 5.09 Å². The SMILES string of the molecule is CC(C)(C)c1ccc(C(=O)NN=Cc2ccc(S(=O)(=O)[O-])o2)cc1. The molecule has 0 atom stereocenters. The molecule has 1 aromatic heterocycles. The molecular formula is C16H17N2O5S-. The number of hydrazone groups is 1. The third-order valence-electron chi connectivity index (χ3n) is 3.22. The normalized spacial score (nSPS) is 12.5. The highest BCUT2D eigenvalue weighted by Gasteiger charge is 2.14. The van der Waals surface area contributed by atoms with E-state index >= 15 is 0 Å². The van der Waals surface area contributed by atoms with Gasteiger partial charge in [-0.2, -0.15) is 5.10 Å². The van der Waals surface area contributed by atoms with Crippen molar-refractivity contribution in [2.24, 2.45) is 5.10 Å². The van der Waals surface area contributed by atoms with Crippen LogP contribution in [0.3, 0.4) is 0 Å². The van der Waals surface area contributed by atoms with Gasteiger partial charge < -0.3 is 8.97 Å². The fraction of sp³-hybridized carbons (Fsp3) is 0.250. The number of nitrogens with zero attached hydrogens (tertiary/aromatic N) is 1. The molecular weight excluding hydrogens is 332 g/mol. The van der Waals surface area contributed by atoms with Crippen molar-refractivity contribution in [3.63, 3.8) is 0 Å².